The summed E-state index contributed by atoms with van der Waals surface area (Å²) in [6, 6.07) is 3.97. The molecule has 4 nitrogen and oxygen atoms in total. The van der Waals surface area contributed by atoms with Crippen molar-refractivity contribution < 1.29 is 18.0 Å². The van der Waals surface area contributed by atoms with Crippen LogP contribution in [0.1, 0.15) is 12.0 Å². The molecule has 1 atom stereocenters. The molecule has 0 unspecified atom stereocenters. The number of carbonyl (C=O) groups excluding carboxylic acids is 1. The molecule has 1 fully saturated rings. The number of anilines is 1. The largest absolute Gasteiger partial charge is 0.416 e. The molecule has 1 heterocycles. The first-order chi connectivity index (χ1) is 8.86. The highest BCUT2D eigenvalue weighted by atomic mass is 19.4. The lowest BCUT2D eigenvalue weighted by Gasteiger charge is -2.17. The number of benzene rings is 1. The number of nitrogens with two attached hydrogens (primary N) is 1. The third-order valence-electron chi connectivity index (χ3n) is 2.98. The number of nitrogens with zero attached hydrogens (tertiary/aromatic N) is 1. The highest BCUT2D eigenvalue weighted by Gasteiger charge is 2.30. The number of hydrogen-bond acceptors (Lipinski definition) is 2. The van der Waals surface area contributed by atoms with Gasteiger partial charge in [0.05, 0.1) is 5.56 Å². The van der Waals surface area contributed by atoms with Crippen LogP contribution in [-0.4, -0.2) is 30.1 Å². The van der Waals surface area contributed by atoms with Crippen molar-refractivity contribution >= 4 is 11.7 Å². The van der Waals surface area contributed by atoms with E-state index in [2.05, 4.69) is 5.32 Å². The number of amides is 2. The fourth-order valence-electron chi connectivity index (χ4n) is 1.92. The zero-order valence-corrected chi connectivity index (χ0v) is 10.1. The minimum atomic E-state index is -4.37. The van der Waals surface area contributed by atoms with E-state index in [0.29, 0.717) is 18.8 Å². The molecular formula is C12H14F3N3O. The van der Waals surface area contributed by atoms with E-state index < -0.39 is 11.7 Å². The Morgan fingerprint density at radius 2 is 1.95 bits per heavy atom. The quantitative estimate of drug-likeness (QED) is 0.824. The molecule has 7 heteroatoms. The highest BCUT2D eigenvalue weighted by molar-refractivity contribution is 5.89. The normalized spacial score (nSPS) is 19.6. The first kappa shape index (κ1) is 13.7. The van der Waals surface area contributed by atoms with E-state index in [1.165, 1.54) is 12.1 Å². The van der Waals surface area contributed by atoms with Crippen LogP contribution in [0.3, 0.4) is 0 Å². The fraction of sp³-hybridized carbons (Fsp3) is 0.417. The Hall–Kier alpha value is -1.76. The molecule has 0 aliphatic carbocycles. The Kier molecular flexibility index (Phi) is 3.66. The molecule has 1 saturated heterocycles. The Balaban J connectivity index is 1.98. The monoisotopic (exact) mass is 273 g/mol. The number of hydrogen-bond donors (Lipinski definition) is 2. The van der Waals surface area contributed by atoms with Crippen LogP contribution in [0.25, 0.3) is 0 Å². The van der Waals surface area contributed by atoms with Gasteiger partial charge in [-0.25, -0.2) is 4.79 Å². The predicted octanol–water partition coefficient (Wildman–Crippen LogP) is 2.27. The predicted molar refractivity (Wildman–Crippen MR) is 64.6 cm³/mol. The Morgan fingerprint density at radius 3 is 2.42 bits per heavy atom. The summed E-state index contributed by atoms with van der Waals surface area (Å²) in [5.41, 5.74) is 5.27. The molecule has 1 aromatic rings. The molecule has 104 valence electrons. The summed E-state index contributed by atoms with van der Waals surface area (Å²) >= 11 is 0. The second-order valence-electron chi connectivity index (χ2n) is 4.50. The van der Waals surface area contributed by atoms with Crippen molar-refractivity contribution in [2.75, 3.05) is 18.4 Å². The van der Waals surface area contributed by atoms with Crippen molar-refractivity contribution in [2.24, 2.45) is 5.73 Å². The number of alkyl halides is 3. The van der Waals surface area contributed by atoms with Gasteiger partial charge in [0.1, 0.15) is 0 Å². The summed E-state index contributed by atoms with van der Waals surface area (Å²) < 4.78 is 37.1. The summed E-state index contributed by atoms with van der Waals surface area (Å²) in [5.74, 6) is 0. The van der Waals surface area contributed by atoms with Crippen LogP contribution in [0, 0.1) is 0 Å². The Labute approximate surface area is 108 Å². The molecule has 0 saturated carbocycles. The van der Waals surface area contributed by atoms with Crippen LogP contribution in [0.5, 0.6) is 0 Å². The highest BCUT2D eigenvalue weighted by Crippen LogP contribution is 2.29. The van der Waals surface area contributed by atoms with Gasteiger partial charge in [-0.3, -0.25) is 0 Å². The summed E-state index contributed by atoms with van der Waals surface area (Å²) in [6.07, 6.45) is -3.63. The lowest BCUT2D eigenvalue weighted by molar-refractivity contribution is -0.137. The van der Waals surface area contributed by atoms with Crippen LogP contribution < -0.4 is 11.1 Å². The minimum Gasteiger partial charge on any atom is -0.326 e. The van der Waals surface area contributed by atoms with E-state index in [0.717, 1.165) is 18.6 Å². The van der Waals surface area contributed by atoms with Gasteiger partial charge in [0.2, 0.25) is 0 Å². The van der Waals surface area contributed by atoms with E-state index in [-0.39, 0.29) is 12.1 Å². The van der Waals surface area contributed by atoms with E-state index in [9.17, 15) is 18.0 Å². The standard InChI is InChI=1S/C12H14F3N3O/c13-12(14,15)8-1-3-10(4-2-8)17-11(19)18-6-5-9(16)7-18/h1-4,9H,5-7,16H2,(H,17,19)/t9-/m1/s1. The van der Waals surface area contributed by atoms with Crippen molar-refractivity contribution in [3.05, 3.63) is 29.8 Å². The van der Waals surface area contributed by atoms with Crippen molar-refractivity contribution in [1.82, 2.24) is 4.90 Å². The number of rotatable bonds is 1. The Morgan fingerprint density at radius 1 is 1.32 bits per heavy atom. The molecule has 2 rings (SSSR count). The molecule has 1 aliphatic heterocycles. The number of urea groups is 1. The van der Waals surface area contributed by atoms with Gasteiger partial charge < -0.3 is 16.0 Å². The second kappa shape index (κ2) is 5.08. The topological polar surface area (TPSA) is 58.4 Å². The molecule has 0 spiro atoms. The van der Waals surface area contributed by atoms with Gasteiger partial charge in [0.15, 0.2) is 0 Å². The van der Waals surface area contributed by atoms with Gasteiger partial charge in [0, 0.05) is 24.8 Å². The average molecular weight is 273 g/mol. The van der Waals surface area contributed by atoms with Crippen LogP contribution in [0.4, 0.5) is 23.7 Å². The second-order valence-corrected chi connectivity index (χ2v) is 4.50. The van der Waals surface area contributed by atoms with Crippen LogP contribution in [0.2, 0.25) is 0 Å². The number of halogens is 3. The van der Waals surface area contributed by atoms with Crippen molar-refractivity contribution in [3.8, 4) is 0 Å². The number of likely N-dealkylation sites (tertiary alicyclic amines) is 1. The SMILES string of the molecule is N[C@@H]1CCN(C(=O)Nc2ccc(C(F)(F)F)cc2)C1. The lowest BCUT2D eigenvalue weighted by atomic mass is 10.2. The molecule has 0 bridgehead atoms. The van der Waals surface area contributed by atoms with Gasteiger partial charge in [-0.05, 0) is 30.7 Å². The smallest absolute Gasteiger partial charge is 0.326 e. The van der Waals surface area contributed by atoms with E-state index in [4.69, 9.17) is 5.73 Å². The van der Waals surface area contributed by atoms with Crippen LogP contribution in [-0.2, 0) is 6.18 Å². The molecular weight excluding hydrogens is 259 g/mol. The van der Waals surface area contributed by atoms with E-state index >= 15 is 0 Å². The number of nitrogens with one attached hydrogen (secondary N) is 1. The molecule has 3 N–H and O–H groups in total. The minimum absolute atomic E-state index is 0.0293. The summed E-state index contributed by atoms with van der Waals surface area (Å²) in [6.45, 7) is 1.03. The zero-order valence-electron chi connectivity index (χ0n) is 10.1. The van der Waals surface area contributed by atoms with Gasteiger partial charge in [-0.2, -0.15) is 13.2 Å². The van der Waals surface area contributed by atoms with Crippen LogP contribution in [0.15, 0.2) is 24.3 Å². The zero-order chi connectivity index (χ0) is 14.0. The van der Waals surface area contributed by atoms with Crippen molar-refractivity contribution in [3.63, 3.8) is 0 Å². The lowest BCUT2D eigenvalue weighted by Crippen LogP contribution is -2.35. The Bertz CT molecular complexity index is 458. The molecule has 2 amide bonds. The molecule has 0 radical (unpaired) electrons. The van der Waals surface area contributed by atoms with E-state index in [1.54, 1.807) is 4.90 Å². The summed E-state index contributed by atoms with van der Waals surface area (Å²) in [5, 5.41) is 2.55. The van der Waals surface area contributed by atoms with Crippen molar-refractivity contribution in [2.45, 2.75) is 18.6 Å². The van der Waals surface area contributed by atoms with Gasteiger partial charge in [0.25, 0.3) is 0 Å². The van der Waals surface area contributed by atoms with Crippen molar-refractivity contribution in [1.29, 1.82) is 0 Å². The first-order valence-corrected chi connectivity index (χ1v) is 5.85. The van der Waals surface area contributed by atoms with E-state index in [1.807, 2.05) is 0 Å². The average Bonchev–Trinajstić information content (AvgIpc) is 2.75. The third-order valence-corrected chi connectivity index (χ3v) is 2.98. The summed E-state index contributed by atoms with van der Waals surface area (Å²) in [7, 11) is 0. The van der Waals surface area contributed by atoms with Gasteiger partial charge >= 0.3 is 12.2 Å². The molecule has 0 aromatic heterocycles. The third kappa shape index (κ3) is 3.37. The molecule has 1 aromatic carbocycles. The number of carbonyl (C=O) groups is 1. The first-order valence-electron chi connectivity index (χ1n) is 5.85. The maximum Gasteiger partial charge on any atom is 0.416 e. The van der Waals surface area contributed by atoms with Crippen LogP contribution >= 0.6 is 0 Å². The molecule has 1 aliphatic rings. The summed E-state index contributed by atoms with van der Waals surface area (Å²) in [4.78, 5) is 13.3. The fourth-order valence-corrected chi connectivity index (χ4v) is 1.92. The maximum atomic E-state index is 12.4. The maximum absolute atomic E-state index is 12.4. The van der Waals surface area contributed by atoms with Gasteiger partial charge in [-0.15, -0.1) is 0 Å². The van der Waals surface area contributed by atoms with Gasteiger partial charge in [-0.1, -0.05) is 0 Å². The molecule has 19 heavy (non-hydrogen) atoms.